The van der Waals surface area contributed by atoms with Crippen molar-refractivity contribution in [1.82, 2.24) is 0 Å². The third-order valence-electron chi connectivity index (χ3n) is 2.72. The van der Waals surface area contributed by atoms with Crippen molar-refractivity contribution in [2.24, 2.45) is 0 Å². The van der Waals surface area contributed by atoms with Crippen molar-refractivity contribution in [3.63, 3.8) is 0 Å². The second-order valence-corrected chi connectivity index (χ2v) is 3.83. The van der Waals surface area contributed by atoms with Crippen LogP contribution in [0.4, 0.5) is 5.69 Å². The van der Waals surface area contributed by atoms with Gasteiger partial charge in [-0.1, -0.05) is 0 Å². The number of aliphatic hydroxyl groups excluding tert-OH is 1. The molecule has 0 aromatic heterocycles. The number of rotatable bonds is 0. The van der Waals surface area contributed by atoms with E-state index < -0.39 is 12.0 Å². The molecule has 0 fully saturated rings. The number of carbonyl (C=O) groups is 1. The van der Waals surface area contributed by atoms with Crippen LogP contribution in [0, 0.1) is 0 Å². The van der Waals surface area contributed by atoms with Gasteiger partial charge in [-0.05, 0) is 6.07 Å². The van der Waals surface area contributed by atoms with Gasteiger partial charge in [-0.3, -0.25) is 4.79 Å². The van der Waals surface area contributed by atoms with Crippen LogP contribution in [-0.2, 0) is 4.79 Å². The van der Waals surface area contributed by atoms with Gasteiger partial charge in [0.25, 0.3) is 5.91 Å². The van der Waals surface area contributed by atoms with Gasteiger partial charge in [0.05, 0.1) is 18.9 Å². The summed E-state index contributed by atoms with van der Waals surface area (Å²) in [6.07, 6.45) is -0.277. The average molecular weight is 221 g/mol. The highest BCUT2D eigenvalue weighted by Gasteiger charge is 2.30. The second-order valence-electron chi connectivity index (χ2n) is 3.83. The van der Waals surface area contributed by atoms with Gasteiger partial charge in [-0.2, -0.15) is 0 Å². The Morgan fingerprint density at radius 3 is 2.69 bits per heavy atom. The summed E-state index contributed by atoms with van der Waals surface area (Å²) < 4.78 is 11.0. The maximum atomic E-state index is 11.3. The van der Waals surface area contributed by atoms with E-state index in [1.54, 1.807) is 12.1 Å². The number of anilines is 1. The summed E-state index contributed by atoms with van der Waals surface area (Å²) in [4.78, 5) is 11.3. The van der Waals surface area contributed by atoms with Crippen LogP contribution in [-0.4, -0.2) is 24.2 Å². The molecule has 0 saturated heterocycles. The number of ether oxygens (including phenoxy) is 2. The molecule has 2 N–H and O–H groups in total. The predicted octanol–water partition coefficient (Wildman–Crippen LogP) is 0.833. The van der Waals surface area contributed by atoms with Crippen LogP contribution in [0.15, 0.2) is 12.1 Å². The van der Waals surface area contributed by atoms with Gasteiger partial charge in [0.15, 0.2) is 17.6 Å². The molecule has 5 heteroatoms. The number of hydrogen-bond donors (Lipinski definition) is 2. The van der Waals surface area contributed by atoms with Crippen LogP contribution < -0.4 is 14.8 Å². The van der Waals surface area contributed by atoms with Crippen LogP contribution >= 0.6 is 0 Å². The summed E-state index contributed by atoms with van der Waals surface area (Å²) >= 11 is 0. The van der Waals surface area contributed by atoms with Crippen molar-refractivity contribution in [3.8, 4) is 11.5 Å². The maximum absolute atomic E-state index is 11.3. The number of benzene rings is 1. The lowest BCUT2D eigenvalue weighted by Crippen LogP contribution is -2.10. The number of fused-ring (bicyclic) bond motifs is 2. The van der Waals surface area contributed by atoms with E-state index in [0.717, 1.165) is 6.42 Å². The van der Waals surface area contributed by atoms with Crippen LogP contribution in [0.2, 0.25) is 0 Å². The molecule has 1 atom stereocenters. The van der Waals surface area contributed by atoms with Gasteiger partial charge >= 0.3 is 0 Å². The first-order valence-electron chi connectivity index (χ1n) is 5.18. The van der Waals surface area contributed by atoms with Crippen LogP contribution in [0.1, 0.15) is 18.1 Å². The maximum Gasteiger partial charge on any atom is 0.257 e. The highest BCUT2D eigenvalue weighted by atomic mass is 16.5. The van der Waals surface area contributed by atoms with E-state index in [4.69, 9.17) is 9.47 Å². The molecule has 16 heavy (non-hydrogen) atoms. The average Bonchev–Trinajstić information content (AvgIpc) is 2.48. The van der Waals surface area contributed by atoms with Gasteiger partial charge in [0, 0.05) is 18.1 Å². The Kier molecular flexibility index (Phi) is 2.00. The minimum absolute atomic E-state index is 0.407. The van der Waals surface area contributed by atoms with Crippen molar-refractivity contribution in [1.29, 1.82) is 0 Å². The number of nitrogens with one attached hydrogen (secondary N) is 1. The summed E-state index contributed by atoms with van der Waals surface area (Å²) in [5.41, 5.74) is 1.15. The molecular formula is C11H11NO4. The quantitative estimate of drug-likeness (QED) is 0.681. The molecular weight excluding hydrogens is 210 g/mol. The molecule has 2 aliphatic heterocycles. The molecule has 1 aromatic carbocycles. The van der Waals surface area contributed by atoms with Crippen molar-refractivity contribution >= 4 is 11.6 Å². The molecule has 1 aromatic rings. The fourth-order valence-electron chi connectivity index (χ4n) is 1.90. The number of carbonyl (C=O) groups excluding carboxylic acids is 1. The predicted molar refractivity (Wildman–Crippen MR) is 55.6 cm³/mol. The van der Waals surface area contributed by atoms with Crippen molar-refractivity contribution in [2.45, 2.75) is 12.5 Å². The molecule has 1 unspecified atom stereocenters. The highest BCUT2D eigenvalue weighted by molar-refractivity contribution is 6.02. The lowest BCUT2D eigenvalue weighted by atomic mass is 10.1. The van der Waals surface area contributed by atoms with E-state index in [9.17, 15) is 9.90 Å². The van der Waals surface area contributed by atoms with Crippen LogP contribution in [0.25, 0.3) is 0 Å². The number of hydrogen-bond acceptors (Lipinski definition) is 4. The first-order valence-corrected chi connectivity index (χ1v) is 5.18. The zero-order chi connectivity index (χ0) is 11.1. The minimum Gasteiger partial charge on any atom is -0.490 e. The van der Waals surface area contributed by atoms with Gasteiger partial charge < -0.3 is 19.9 Å². The number of amides is 1. The molecule has 0 radical (unpaired) electrons. The van der Waals surface area contributed by atoms with Crippen molar-refractivity contribution in [2.75, 3.05) is 18.5 Å². The van der Waals surface area contributed by atoms with Gasteiger partial charge in [-0.15, -0.1) is 0 Å². The van der Waals surface area contributed by atoms with E-state index >= 15 is 0 Å². The summed E-state index contributed by atoms with van der Waals surface area (Å²) in [6, 6.07) is 3.36. The summed E-state index contributed by atoms with van der Waals surface area (Å²) in [5.74, 6) is 0.799. The first-order chi connectivity index (χ1) is 7.75. The normalized spacial score (nSPS) is 22.3. The fourth-order valence-corrected chi connectivity index (χ4v) is 1.90. The van der Waals surface area contributed by atoms with Gasteiger partial charge in [0.1, 0.15) is 0 Å². The molecule has 0 aliphatic carbocycles. The Bertz CT molecular complexity index is 458. The van der Waals surface area contributed by atoms with Gasteiger partial charge in [-0.25, -0.2) is 0 Å². The lowest BCUT2D eigenvalue weighted by Gasteiger charge is -2.09. The molecule has 2 aliphatic rings. The molecule has 84 valence electrons. The minimum atomic E-state index is -1.10. The van der Waals surface area contributed by atoms with Crippen molar-refractivity contribution < 1.29 is 19.4 Å². The fraction of sp³-hybridized carbons (Fsp3) is 0.364. The van der Waals surface area contributed by atoms with Crippen LogP contribution in [0.3, 0.4) is 0 Å². The second kappa shape index (κ2) is 3.38. The molecule has 0 saturated carbocycles. The lowest BCUT2D eigenvalue weighted by molar-refractivity contribution is -0.123. The van der Waals surface area contributed by atoms with E-state index in [2.05, 4.69) is 5.32 Å². The Balaban J connectivity index is 2.08. The molecule has 0 spiro atoms. The molecule has 1 amide bonds. The highest BCUT2D eigenvalue weighted by Crippen LogP contribution is 2.40. The Morgan fingerprint density at radius 1 is 1.25 bits per heavy atom. The summed E-state index contributed by atoms with van der Waals surface area (Å²) in [5, 5.41) is 12.2. The van der Waals surface area contributed by atoms with E-state index in [0.29, 0.717) is 36.0 Å². The smallest absolute Gasteiger partial charge is 0.257 e. The third kappa shape index (κ3) is 1.32. The third-order valence-corrected chi connectivity index (χ3v) is 2.72. The van der Waals surface area contributed by atoms with Gasteiger partial charge in [0.2, 0.25) is 0 Å². The van der Waals surface area contributed by atoms with Crippen LogP contribution in [0.5, 0.6) is 11.5 Å². The molecule has 5 nitrogen and oxygen atoms in total. The molecule has 2 heterocycles. The van der Waals surface area contributed by atoms with E-state index in [-0.39, 0.29) is 0 Å². The Morgan fingerprint density at radius 2 is 1.94 bits per heavy atom. The molecule has 3 rings (SSSR count). The van der Waals surface area contributed by atoms with Crippen molar-refractivity contribution in [3.05, 3.63) is 17.7 Å². The largest absolute Gasteiger partial charge is 0.490 e. The SMILES string of the molecule is O=C1Nc2cc3c(cc2C1O)OCCCO3. The first kappa shape index (κ1) is 9.47. The molecule has 0 bridgehead atoms. The monoisotopic (exact) mass is 221 g/mol. The Labute approximate surface area is 92.0 Å². The number of aliphatic hydroxyl groups is 1. The van der Waals surface area contributed by atoms with E-state index in [1.165, 1.54) is 0 Å². The summed E-state index contributed by atoms with van der Waals surface area (Å²) in [6.45, 7) is 1.19. The summed E-state index contributed by atoms with van der Waals surface area (Å²) in [7, 11) is 0. The zero-order valence-electron chi connectivity index (χ0n) is 8.53. The zero-order valence-corrected chi connectivity index (χ0v) is 8.53. The standard InChI is InChI=1S/C11H11NO4/c13-10-6-4-8-9(16-3-1-2-15-8)5-7(6)12-11(10)14/h4-5,10,13H,1-3H2,(H,12,14). The Hall–Kier alpha value is -1.75. The van der Waals surface area contributed by atoms with E-state index in [1.807, 2.05) is 0 Å². The topological polar surface area (TPSA) is 67.8 Å².